The van der Waals surface area contributed by atoms with Crippen LogP contribution >= 0.6 is 0 Å². The summed E-state index contributed by atoms with van der Waals surface area (Å²) >= 11 is 0. The standard InChI is InChI=1S/C21H27N2.C4H10O.Cu/c1-14-9-16(3)20(17(4)10-14)22-7-8-23(13-22)21-18(5)11-15(2)12-19(21)6;1-4(2,3)5;/h9-13H,7-8H2,1-6H3;5H,1-3H3;/q-1;;+1. The van der Waals surface area contributed by atoms with E-state index in [1.165, 1.54) is 44.8 Å². The Hall–Kier alpha value is -1.48. The van der Waals surface area contributed by atoms with Gasteiger partial charge in [0.15, 0.2) is 0 Å². The average molecular weight is 445 g/mol. The van der Waals surface area contributed by atoms with Crippen molar-refractivity contribution in [1.82, 2.24) is 0 Å². The van der Waals surface area contributed by atoms with Crippen LogP contribution in [0.3, 0.4) is 0 Å². The molecular weight excluding hydrogens is 408 g/mol. The maximum atomic E-state index is 8.52. The van der Waals surface area contributed by atoms with Gasteiger partial charge in [0.25, 0.3) is 0 Å². The molecule has 2 aromatic rings. The van der Waals surface area contributed by atoms with Crippen LogP contribution in [0.4, 0.5) is 11.4 Å². The summed E-state index contributed by atoms with van der Waals surface area (Å²) in [7, 11) is 0. The van der Waals surface area contributed by atoms with Gasteiger partial charge in [0.2, 0.25) is 0 Å². The zero-order chi connectivity index (χ0) is 21.2. The summed E-state index contributed by atoms with van der Waals surface area (Å²) in [6, 6.07) is 9.12. The topological polar surface area (TPSA) is 26.7 Å². The van der Waals surface area contributed by atoms with Crippen molar-refractivity contribution >= 4 is 11.4 Å². The van der Waals surface area contributed by atoms with E-state index in [0.717, 1.165) is 13.1 Å². The van der Waals surface area contributed by atoms with Gasteiger partial charge in [0.1, 0.15) is 0 Å². The zero-order valence-electron chi connectivity index (χ0n) is 19.4. The quantitative estimate of drug-likeness (QED) is 0.471. The first kappa shape index (κ1) is 25.6. The second-order valence-corrected chi connectivity index (χ2v) is 9.17. The summed E-state index contributed by atoms with van der Waals surface area (Å²) in [5, 5.41) is 8.52. The van der Waals surface area contributed by atoms with E-state index in [1.807, 2.05) is 0 Å². The summed E-state index contributed by atoms with van der Waals surface area (Å²) in [6.45, 7) is 22.8. The minimum Gasteiger partial charge on any atom is -0.502 e. The van der Waals surface area contributed by atoms with Crippen LogP contribution in [0.1, 0.15) is 54.2 Å². The molecule has 1 saturated heterocycles. The molecule has 1 heterocycles. The molecule has 2 aromatic carbocycles. The Morgan fingerprint density at radius 2 is 0.931 bits per heavy atom. The van der Waals surface area contributed by atoms with Crippen LogP contribution in [0.15, 0.2) is 24.3 Å². The average Bonchev–Trinajstić information content (AvgIpc) is 2.92. The third kappa shape index (κ3) is 7.06. The normalized spacial score (nSPS) is 13.7. The molecule has 0 spiro atoms. The van der Waals surface area contributed by atoms with Crippen molar-refractivity contribution in [3.63, 3.8) is 0 Å². The number of rotatable bonds is 2. The van der Waals surface area contributed by atoms with Crippen molar-refractivity contribution in [1.29, 1.82) is 0 Å². The van der Waals surface area contributed by atoms with Gasteiger partial charge in [-0.1, -0.05) is 35.4 Å². The third-order valence-corrected chi connectivity index (χ3v) is 4.71. The minimum absolute atomic E-state index is 0. The van der Waals surface area contributed by atoms with Crippen LogP contribution < -0.4 is 9.80 Å². The van der Waals surface area contributed by atoms with Crippen LogP contribution in [-0.4, -0.2) is 23.8 Å². The van der Waals surface area contributed by atoms with Crippen molar-refractivity contribution in [3.8, 4) is 0 Å². The molecule has 164 valence electrons. The van der Waals surface area contributed by atoms with E-state index in [0.29, 0.717) is 0 Å². The zero-order valence-corrected chi connectivity index (χ0v) is 20.4. The summed E-state index contributed by atoms with van der Waals surface area (Å²) in [4.78, 5) is 4.81. The van der Waals surface area contributed by atoms with Gasteiger partial charge in [-0.05, 0) is 84.6 Å². The van der Waals surface area contributed by atoms with Crippen molar-refractivity contribution in [3.05, 3.63) is 64.3 Å². The van der Waals surface area contributed by atoms with E-state index < -0.39 is 5.60 Å². The Balaban J connectivity index is 0.000000628. The predicted octanol–water partition coefficient (Wildman–Crippen LogP) is 5.76. The fourth-order valence-electron chi connectivity index (χ4n) is 4.09. The summed E-state index contributed by atoms with van der Waals surface area (Å²) < 4.78 is 0. The molecule has 0 atom stereocenters. The second kappa shape index (κ2) is 10.0. The molecule has 0 unspecified atom stereocenters. The maximum absolute atomic E-state index is 8.52. The van der Waals surface area contributed by atoms with Gasteiger partial charge in [-0.15, -0.1) is 0 Å². The Bertz CT molecular complexity index is 724. The molecule has 0 aliphatic carbocycles. The second-order valence-electron chi connectivity index (χ2n) is 9.17. The van der Waals surface area contributed by atoms with Gasteiger partial charge in [-0.25, -0.2) is 0 Å². The number of anilines is 2. The van der Waals surface area contributed by atoms with Gasteiger partial charge in [-0.3, -0.25) is 0 Å². The van der Waals surface area contributed by atoms with Crippen LogP contribution in [0.5, 0.6) is 0 Å². The van der Waals surface area contributed by atoms with Gasteiger partial charge in [0, 0.05) is 24.5 Å². The predicted molar refractivity (Wildman–Crippen MR) is 122 cm³/mol. The SMILES string of the molecule is CC(C)(C)O.Cc1cc(C)c(N2[CH-]N(c3c(C)cc(C)cc3C)CC2)c(C)c1.[Cu+]. The maximum Gasteiger partial charge on any atom is 1.00 e. The van der Waals surface area contributed by atoms with E-state index >= 15 is 0 Å². The molecule has 1 fully saturated rings. The Labute approximate surface area is 188 Å². The molecule has 3 nitrogen and oxygen atoms in total. The molecule has 0 saturated carbocycles. The Kier molecular flexibility index (Phi) is 8.83. The van der Waals surface area contributed by atoms with Crippen molar-refractivity contribution in [2.45, 2.75) is 67.9 Å². The molecule has 0 aromatic heterocycles. The molecule has 4 heteroatoms. The fourth-order valence-corrected chi connectivity index (χ4v) is 4.09. The molecular formula is C25H37CuN2O. The number of nitrogens with zero attached hydrogens (tertiary/aromatic N) is 2. The number of hydrogen-bond donors (Lipinski definition) is 1. The molecule has 0 radical (unpaired) electrons. The van der Waals surface area contributed by atoms with Crippen molar-refractivity contribution in [2.75, 3.05) is 22.9 Å². The smallest absolute Gasteiger partial charge is 0.502 e. The van der Waals surface area contributed by atoms with E-state index in [9.17, 15) is 0 Å². The van der Waals surface area contributed by atoms with Gasteiger partial charge >= 0.3 is 17.1 Å². The van der Waals surface area contributed by atoms with Crippen molar-refractivity contribution < 1.29 is 22.2 Å². The van der Waals surface area contributed by atoms with E-state index in [-0.39, 0.29) is 17.1 Å². The molecule has 3 rings (SSSR count). The van der Waals surface area contributed by atoms with Gasteiger partial charge in [-0.2, -0.15) is 6.67 Å². The van der Waals surface area contributed by atoms with E-state index in [4.69, 9.17) is 5.11 Å². The number of hydrogen-bond acceptors (Lipinski definition) is 3. The fraction of sp³-hybridized carbons (Fsp3) is 0.480. The van der Waals surface area contributed by atoms with Gasteiger partial charge < -0.3 is 14.9 Å². The van der Waals surface area contributed by atoms with Crippen LogP contribution in [-0.2, 0) is 17.1 Å². The molecule has 0 amide bonds. The first-order valence-electron chi connectivity index (χ1n) is 10.1. The van der Waals surface area contributed by atoms with Crippen LogP contribution in [0.25, 0.3) is 0 Å². The third-order valence-electron chi connectivity index (χ3n) is 4.71. The number of aryl methyl sites for hydroxylation is 6. The number of aliphatic hydroxyl groups is 1. The van der Waals surface area contributed by atoms with Crippen molar-refractivity contribution in [2.24, 2.45) is 0 Å². The van der Waals surface area contributed by atoms with Crippen LogP contribution in [0.2, 0.25) is 0 Å². The molecule has 1 aliphatic heterocycles. The Morgan fingerprint density at radius 3 is 1.17 bits per heavy atom. The van der Waals surface area contributed by atoms with E-state index in [2.05, 4.69) is 82.3 Å². The molecule has 0 bridgehead atoms. The minimum atomic E-state index is -0.500. The first-order valence-corrected chi connectivity index (χ1v) is 10.1. The largest absolute Gasteiger partial charge is 1.00 e. The number of benzene rings is 2. The molecule has 1 aliphatic rings. The summed E-state index contributed by atoms with van der Waals surface area (Å²) in [5.41, 5.74) is 10.3. The molecule has 1 N–H and O–H groups in total. The summed E-state index contributed by atoms with van der Waals surface area (Å²) in [6.07, 6.45) is 0. The first-order chi connectivity index (χ1) is 12.9. The summed E-state index contributed by atoms with van der Waals surface area (Å²) in [5.74, 6) is 0. The van der Waals surface area contributed by atoms with Gasteiger partial charge in [0.05, 0.1) is 5.60 Å². The molecule has 29 heavy (non-hydrogen) atoms. The van der Waals surface area contributed by atoms with Crippen LogP contribution in [0, 0.1) is 48.2 Å². The van der Waals surface area contributed by atoms with E-state index in [1.54, 1.807) is 20.8 Å². The monoisotopic (exact) mass is 444 g/mol. The Morgan fingerprint density at radius 1 is 0.690 bits per heavy atom.